The van der Waals surface area contributed by atoms with Crippen LogP contribution in [0.4, 0.5) is 0 Å². The number of benzene rings is 1. The van der Waals surface area contributed by atoms with Gasteiger partial charge in [-0.2, -0.15) is 0 Å². The number of nitrogens with two attached hydrogens (primary N) is 1. The largest absolute Gasteiger partial charge is 0.496 e. The van der Waals surface area contributed by atoms with E-state index in [9.17, 15) is 0 Å². The molecule has 3 heteroatoms. The molecule has 108 valence electrons. The Hall–Kier alpha value is -1.06. The number of hydrogen-bond acceptors (Lipinski definition) is 3. The Balaban J connectivity index is 3.22. The summed E-state index contributed by atoms with van der Waals surface area (Å²) in [6.07, 6.45) is 0. The highest BCUT2D eigenvalue weighted by molar-refractivity contribution is 5.44. The monoisotopic (exact) mass is 264 g/mol. The lowest BCUT2D eigenvalue weighted by atomic mass is 9.79. The van der Waals surface area contributed by atoms with Gasteiger partial charge in [-0.1, -0.05) is 46.8 Å². The zero-order valence-corrected chi connectivity index (χ0v) is 13.1. The predicted molar refractivity (Wildman–Crippen MR) is 81.8 cm³/mol. The van der Waals surface area contributed by atoms with Gasteiger partial charge < -0.3 is 15.8 Å². The van der Waals surface area contributed by atoms with Gasteiger partial charge in [0.05, 0.1) is 7.11 Å². The Bertz CT molecular complexity index is 419. The second kappa shape index (κ2) is 5.93. The highest BCUT2D eigenvalue weighted by Gasteiger charge is 2.26. The van der Waals surface area contributed by atoms with Gasteiger partial charge in [-0.05, 0) is 17.0 Å². The number of nitrogens with one attached hydrogen (secondary N) is 1. The third-order valence-corrected chi connectivity index (χ3v) is 3.51. The van der Waals surface area contributed by atoms with E-state index in [2.05, 4.69) is 58.1 Å². The lowest BCUT2D eigenvalue weighted by Gasteiger charge is -2.30. The molecule has 3 nitrogen and oxygen atoms in total. The first-order valence-electron chi connectivity index (χ1n) is 6.82. The van der Waals surface area contributed by atoms with Gasteiger partial charge in [-0.25, -0.2) is 0 Å². The fourth-order valence-corrected chi connectivity index (χ4v) is 2.18. The van der Waals surface area contributed by atoms with Gasteiger partial charge in [0.15, 0.2) is 0 Å². The summed E-state index contributed by atoms with van der Waals surface area (Å²) in [5.74, 6) is 0.942. The van der Waals surface area contributed by atoms with Crippen molar-refractivity contribution in [2.75, 3.05) is 20.3 Å². The van der Waals surface area contributed by atoms with Crippen LogP contribution >= 0.6 is 0 Å². The third-order valence-electron chi connectivity index (χ3n) is 3.51. The van der Waals surface area contributed by atoms with Gasteiger partial charge in [0.25, 0.3) is 0 Å². The van der Waals surface area contributed by atoms with Crippen molar-refractivity contribution in [3.05, 3.63) is 29.3 Å². The molecular formula is C16H28N2O. The quantitative estimate of drug-likeness (QED) is 0.804. The van der Waals surface area contributed by atoms with Crippen molar-refractivity contribution in [2.45, 2.75) is 45.4 Å². The molecule has 0 bridgehead atoms. The van der Waals surface area contributed by atoms with Crippen molar-refractivity contribution < 1.29 is 4.74 Å². The van der Waals surface area contributed by atoms with E-state index in [-0.39, 0.29) is 10.8 Å². The minimum Gasteiger partial charge on any atom is -0.496 e. The average molecular weight is 264 g/mol. The molecule has 0 spiro atoms. The fraction of sp³-hybridized carbons (Fsp3) is 0.625. The maximum absolute atomic E-state index is 5.54. The highest BCUT2D eigenvalue weighted by atomic mass is 16.5. The molecule has 0 atom stereocenters. The summed E-state index contributed by atoms with van der Waals surface area (Å²) in [4.78, 5) is 0. The van der Waals surface area contributed by atoms with Gasteiger partial charge in [-0.3, -0.25) is 0 Å². The molecule has 0 aliphatic heterocycles. The molecule has 0 saturated carbocycles. The number of rotatable bonds is 5. The number of ether oxygens (including phenoxy) is 1. The summed E-state index contributed by atoms with van der Waals surface area (Å²) in [5.41, 5.74) is 8.21. The molecule has 0 fully saturated rings. The summed E-state index contributed by atoms with van der Waals surface area (Å²) in [6, 6.07) is 6.48. The summed E-state index contributed by atoms with van der Waals surface area (Å²) in [5, 5.41) is 3.22. The topological polar surface area (TPSA) is 47.3 Å². The molecule has 0 unspecified atom stereocenters. The molecule has 0 aromatic heterocycles. The molecule has 0 radical (unpaired) electrons. The van der Waals surface area contributed by atoms with E-state index in [1.54, 1.807) is 7.11 Å². The van der Waals surface area contributed by atoms with Crippen molar-refractivity contribution in [1.82, 2.24) is 5.32 Å². The van der Waals surface area contributed by atoms with Gasteiger partial charge in [-0.15, -0.1) is 0 Å². The third kappa shape index (κ3) is 3.95. The van der Waals surface area contributed by atoms with Crippen LogP contribution in [-0.2, 0) is 10.8 Å². The number of hydrogen-bond donors (Lipinski definition) is 2. The fourth-order valence-electron chi connectivity index (χ4n) is 2.18. The van der Waals surface area contributed by atoms with Crippen LogP contribution in [0.3, 0.4) is 0 Å². The smallest absolute Gasteiger partial charge is 0.122 e. The van der Waals surface area contributed by atoms with E-state index in [1.165, 1.54) is 11.1 Å². The van der Waals surface area contributed by atoms with Crippen LogP contribution in [0.2, 0.25) is 0 Å². The first-order chi connectivity index (χ1) is 8.72. The van der Waals surface area contributed by atoms with E-state index in [1.807, 2.05) is 0 Å². The van der Waals surface area contributed by atoms with E-state index in [0.717, 1.165) is 12.3 Å². The molecule has 0 saturated heterocycles. The Kier molecular flexibility index (Phi) is 4.99. The lowest BCUT2D eigenvalue weighted by Crippen LogP contribution is -2.36. The van der Waals surface area contributed by atoms with Crippen LogP contribution < -0.4 is 15.8 Å². The van der Waals surface area contributed by atoms with Crippen molar-refractivity contribution in [2.24, 2.45) is 5.73 Å². The first kappa shape index (κ1) is 16.0. The van der Waals surface area contributed by atoms with Crippen LogP contribution in [0, 0.1) is 0 Å². The first-order valence-corrected chi connectivity index (χ1v) is 6.82. The van der Waals surface area contributed by atoms with Crippen molar-refractivity contribution in [3.63, 3.8) is 0 Å². The van der Waals surface area contributed by atoms with Crippen molar-refractivity contribution in [3.8, 4) is 5.75 Å². The zero-order chi connectivity index (χ0) is 14.7. The SMILES string of the molecule is COc1ccc(C(C)(C)C)cc1C(C)(C)CNCN. The predicted octanol–water partition coefficient (Wildman–Crippen LogP) is 2.78. The minimum absolute atomic E-state index is 0.0219. The standard InChI is InChI=1S/C16H28N2O/c1-15(2,3)12-7-8-14(19-6)13(9-12)16(4,5)10-18-11-17/h7-9,18H,10-11,17H2,1-6H3. The molecular weight excluding hydrogens is 236 g/mol. The zero-order valence-electron chi connectivity index (χ0n) is 13.1. The Morgan fingerprint density at radius 1 is 1.16 bits per heavy atom. The average Bonchev–Trinajstić information content (AvgIpc) is 2.34. The van der Waals surface area contributed by atoms with Gasteiger partial charge in [0.1, 0.15) is 5.75 Å². The second-order valence-electron chi connectivity index (χ2n) is 6.68. The van der Waals surface area contributed by atoms with Gasteiger partial charge in [0, 0.05) is 24.2 Å². The Morgan fingerprint density at radius 3 is 2.26 bits per heavy atom. The van der Waals surface area contributed by atoms with E-state index < -0.39 is 0 Å². The minimum atomic E-state index is -0.0219. The summed E-state index contributed by atoms with van der Waals surface area (Å²) in [7, 11) is 1.72. The maximum atomic E-state index is 5.54. The summed E-state index contributed by atoms with van der Waals surface area (Å²) >= 11 is 0. The summed E-state index contributed by atoms with van der Waals surface area (Å²) in [6.45, 7) is 12.4. The molecule has 0 aliphatic rings. The molecule has 1 aromatic carbocycles. The molecule has 19 heavy (non-hydrogen) atoms. The van der Waals surface area contributed by atoms with Crippen LogP contribution in [0.15, 0.2) is 18.2 Å². The molecule has 1 aromatic rings. The van der Waals surface area contributed by atoms with Crippen LogP contribution in [0.25, 0.3) is 0 Å². The van der Waals surface area contributed by atoms with Crippen LogP contribution in [0.1, 0.15) is 45.7 Å². The molecule has 3 N–H and O–H groups in total. The van der Waals surface area contributed by atoms with E-state index in [4.69, 9.17) is 10.5 Å². The van der Waals surface area contributed by atoms with E-state index >= 15 is 0 Å². The Morgan fingerprint density at radius 2 is 1.79 bits per heavy atom. The maximum Gasteiger partial charge on any atom is 0.122 e. The molecule has 0 heterocycles. The lowest BCUT2D eigenvalue weighted by molar-refractivity contribution is 0.385. The van der Waals surface area contributed by atoms with E-state index in [0.29, 0.717) is 6.67 Å². The van der Waals surface area contributed by atoms with Crippen LogP contribution in [0.5, 0.6) is 5.75 Å². The van der Waals surface area contributed by atoms with Crippen LogP contribution in [-0.4, -0.2) is 20.3 Å². The van der Waals surface area contributed by atoms with Crippen molar-refractivity contribution >= 4 is 0 Å². The van der Waals surface area contributed by atoms with Gasteiger partial charge >= 0.3 is 0 Å². The Labute approximate surface area is 117 Å². The molecule has 0 amide bonds. The highest BCUT2D eigenvalue weighted by Crippen LogP contribution is 2.35. The molecule has 1 rings (SSSR count). The normalized spacial score (nSPS) is 12.6. The number of methoxy groups -OCH3 is 1. The molecule has 0 aliphatic carbocycles. The van der Waals surface area contributed by atoms with Crippen molar-refractivity contribution in [1.29, 1.82) is 0 Å². The van der Waals surface area contributed by atoms with Gasteiger partial charge in [0.2, 0.25) is 0 Å². The summed E-state index contributed by atoms with van der Waals surface area (Å²) < 4.78 is 5.52. The second-order valence-corrected chi connectivity index (χ2v) is 6.68.